The fourth-order valence-electron chi connectivity index (χ4n) is 3.04. The van der Waals surface area contributed by atoms with Gasteiger partial charge in [0.15, 0.2) is 0 Å². The molecule has 0 aromatic heterocycles. The molecule has 1 N–H and O–H groups in total. The van der Waals surface area contributed by atoms with Gasteiger partial charge in [-0.1, -0.05) is 30.3 Å². The summed E-state index contributed by atoms with van der Waals surface area (Å²) in [4.78, 5) is 12.5. The van der Waals surface area contributed by atoms with Gasteiger partial charge in [0.05, 0.1) is 25.5 Å². The van der Waals surface area contributed by atoms with Crippen LogP contribution in [0.15, 0.2) is 72.8 Å². The Morgan fingerprint density at radius 1 is 0.774 bits per heavy atom. The fourth-order valence-corrected chi connectivity index (χ4v) is 3.04. The molecular formula is C26H29NO4. The van der Waals surface area contributed by atoms with Gasteiger partial charge in [-0.15, -0.1) is 0 Å². The summed E-state index contributed by atoms with van der Waals surface area (Å²) in [5.74, 6) is 2.14. The number of para-hydroxylation sites is 3. The zero-order chi connectivity index (χ0) is 21.9. The lowest BCUT2D eigenvalue weighted by Crippen LogP contribution is -2.13. The molecule has 0 aliphatic carbocycles. The van der Waals surface area contributed by atoms with E-state index in [4.69, 9.17) is 14.2 Å². The minimum Gasteiger partial charge on any atom is -0.494 e. The van der Waals surface area contributed by atoms with E-state index in [1.165, 1.54) is 0 Å². The van der Waals surface area contributed by atoms with Crippen LogP contribution >= 0.6 is 0 Å². The van der Waals surface area contributed by atoms with E-state index in [2.05, 4.69) is 5.32 Å². The molecule has 3 rings (SSSR count). The molecule has 0 unspecified atom stereocenters. The number of unbranched alkanes of at least 4 members (excludes halogenated alkanes) is 1. The molecule has 162 valence electrons. The van der Waals surface area contributed by atoms with E-state index in [0.717, 1.165) is 29.9 Å². The van der Waals surface area contributed by atoms with E-state index in [-0.39, 0.29) is 5.91 Å². The van der Waals surface area contributed by atoms with Crippen molar-refractivity contribution in [3.05, 3.63) is 83.9 Å². The first kappa shape index (κ1) is 22.2. The number of nitrogens with one attached hydrogen (secondary N) is 1. The van der Waals surface area contributed by atoms with Gasteiger partial charge in [-0.25, -0.2) is 0 Å². The average molecular weight is 420 g/mol. The molecule has 3 aromatic rings. The third-order valence-electron chi connectivity index (χ3n) is 4.71. The number of benzene rings is 3. The number of rotatable bonds is 11. The number of amides is 1. The lowest BCUT2D eigenvalue weighted by atomic mass is 10.2. The summed E-state index contributed by atoms with van der Waals surface area (Å²) >= 11 is 0. The molecule has 0 aliphatic rings. The highest BCUT2D eigenvalue weighted by molar-refractivity contribution is 6.05. The summed E-state index contributed by atoms with van der Waals surface area (Å²) in [6.07, 6.45) is 1.80. The van der Waals surface area contributed by atoms with Gasteiger partial charge in [0.1, 0.15) is 17.2 Å². The van der Waals surface area contributed by atoms with Gasteiger partial charge in [0, 0.05) is 5.56 Å². The molecule has 0 fully saturated rings. The summed E-state index contributed by atoms with van der Waals surface area (Å²) in [6, 6.07) is 22.6. The number of carbonyl (C=O) groups is 1. The van der Waals surface area contributed by atoms with Crippen molar-refractivity contribution in [1.82, 2.24) is 0 Å². The molecule has 1 amide bonds. The second-order valence-electron chi connectivity index (χ2n) is 7.08. The van der Waals surface area contributed by atoms with Crippen molar-refractivity contribution in [1.29, 1.82) is 0 Å². The Hall–Kier alpha value is -3.47. The van der Waals surface area contributed by atoms with Crippen LogP contribution in [0.2, 0.25) is 0 Å². The maximum Gasteiger partial charge on any atom is 0.255 e. The van der Waals surface area contributed by atoms with Gasteiger partial charge in [-0.3, -0.25) is 4.79 Å². The zero-order valence-electron chi connectivity index (χ0n) is 18.1. The molecule has 0 radical (unpaired) electrons. The van der Waals surface area contributed by atoms with E-state index in [9.17, 15) is 4.79 Å². The van der Waals surface area contributed by atoms with Gasteiger partial charge in [0.25, 0.3) is 5.91 Å². The van der Waals surface area contributed by atoms with E-state index < -0.39 is 0 Å². The third kappa shape index (κ3) is 6.78. The summed E-state index contributed by atoms with van der Waals surface area (Å²) in [5, 5.41) is 2.90. The van der Waals surface area contributed by atoms with Crippen molar-refractivity contribution in [3.8, 4) is 17.2 Å². The van der Waals surface area contributed by atoms with E-state index in [1.807, 2.05) is 74.5 Å². The molecule has 0 spiro atoms. The SMILES string of the molecule is CCOc1ccccc1NC(=O)c1ccc(OCCCCOc2ccccc2C)cc1. The quantitative estimate of drug-likeness (QED) is 0.394. The molecule has 0 saturated heterocycles. The molecule has 0 atom stereocenters. The van der Waals surface area contributed by atoms with Crippen molar-refractivity contribution in [2.75, 3.05) is 25.1 Å². The smallest absolute Gasteiger partial charge is 0.255 e. The first-order valence-corrected chi connectivity index (χ1v) is 10.6. The van der Waals surface area contributed by atoms with Crippen molar-refractivity contribution < 1.29 is 19.0 Å². The molecular weight excluding hydrogens is 390 g/mol. The topological polar surface area (TPSA) is 56.8 Å². The number of hydrogen-bond acceptors (Lipinski definition) is 4. The first-order chi connectivity index (χ1) is 15.2. The van der Waals surface area contributed by atoms with Crippen LogP contribution in [0.3, 0.4) is 0 Å². The Balaban J connectivity index is 1.41. The predicted molar refractivity (Wildman–Crippen MR) is 123 cm³/mol. The van der Waals surface area contributed by atoms with E-state index in [0.29, 0.717) is 36.8 Å². The van der Waals surface area contributed by atoms with Crippen LogP contribution in [0.1, 0.15) is 35.7 Å². The lowest BCUT2D eigenvalue weighted by Gasteiger charge is -2.12. The van der Waals surface area contributed by atoms with Gasteiger partial charge in [-0.2, -0.15) is 0 Å². The largest absolute Gasteiger partial charge is 0.494 e. The summed E-state index contributed by atoms with van der Waals surface area (Å²) in [6.45, 7) is 5.76. The molecule has 5 nitrogen and oxygen atoms in total. The summed E-state index contributed by atoms with van der Waals surface area (Å²) in [5.41, 5.74) is 2.36. The Kier molecular flexibility index (Phi) is 8.35. The highest BCUT2D eigenvalue weighted by Gasteiger charge is 2.10. The number of ether oxygens (including phenoxy) is 3. The van der Waals surface area contributed by atoms with Crippen molar-refractivity contribution in [2.24, 2.45) is 0 Å². The van der Waals surface area contributed by atoms with Crippen molar-refractivity contribution in [3.63, 3.8) is 0 Å². The zero-order valence-corrected chi connectivity index (χ0v) is 18.1. The maximum atomic E-state index is 12.5. The normalized spacial score (nSPS) is 10.4. The Bertz CT molecular complexity index is 969. The highest BCUT2D eigenvalue weighted by atomic mass is 16.5. The highest BCUT2D eigenvalue weighted by Crippen LogP contribution is 2.24. The summed E-state index contributed by atoms with van der Waals surface area (Å²) < 4.78 is 17.1. The molecule has 0 saturated carbocycles. The molecule has 0 heterocycles. The number of carbonyl (C=O) groups excluding carboxylic acids is 1. The minimum absolute atomic E-state index is 0.188. The fraction of sp³-hybridized carbons (Fsp3) is 0.269. The van der Waals surface area contributed by atoms with Gasteiger partial charge in [0.2, 0.25) is 0 Å². The second-order valence-corrected chi connectivity index (χ2v) is 7.08. The van der Waals surface area contributed by atoms with Gasteiger partial charge >= 0.3 is 0 Å². The van der Waals surface area contributed by atoms with Crippen LogP contribution in [0.4, 0.5) is 5.69 Å². The number of anilines is 1. The lowest BCUT2D eigenvalue weighted by molar-refractivity contribution is 0.102. The van der Waals surface area contributed by atoms with E-state index >= 15 is 0 Å². The second kappa shape index (κ2) is 11.6. The Morgan fingerprint density at radius 2 is 1.42 bits per heavy atom. The van der Waals surface area contributed by atoms with Crippen LogP contribution in [-0.2, 0) is 0 Å². The molecule has 0 aliphatic heterocycles. The first-order valence-electron chi connectivity index (χ1n) is 10.6. The maximum absolute atomic E-state index is 12.5. The van der Waals surface area contributed by atoms with Gasteiger partial charge in [-0.05, 0) is 74.7 Å². The third-order valence-corrected chi connectivity index (χ3v) is 4.71. The van der Waals surface area contributed by atoms with Crippen LogP contribution in [0, 0.1) is 6.92 Å². The Morgan fingerprint density at radius 3 is 2.13 bits per heavy atom. The van der Waals surface area contributed by atoms with Crippen LogP contribution in [0.25, 0.3) is 0 Å². The van der Waals surface area contributed by atoms with Crippen LogP contribution in [0.5, 0.6) is 17.2 Å². The number of hydrogen-bond donors (Lipinski definition) is 1. The van der Waals surface area contributed by atoms with E-state index in [1.54, 1.807) is 12.1 Å². The predicted octanol–water partition coefficient (Wildman–Crippen LogP) is 5.88. The monoisotopic (exact) mass is 419 g/mol. The molecule has 31 heavy (non-hydrogen) atoms. The van der Waals surface area contributed by atoms with Crippen LogP contribution in [-0.4, -0.2) is 25.7 Å². The number of aryl methyl sites for hydroxylation is 1. The summed E-state index contributed by atoms with van der Waals surface area (Å²) in [7, 11) is 0. The van der Waals surface area contributed by atoms with Crippen LogP contribution < -0.4 is 19.5 Å². The van der Waals surface area contributed by atoms with Crippen molar-refractivity contribution in [2.45, 2.75) is 26.7 Å². The standard InChI is InChI=1S/C26H29NO4/c1-3-29-25-13-7-5-11-23(25)27-26(28)21-14-16-22(17-15-21)30-18-8-9-19-31-24-12-6-4-10-20(24)2/h4-7,10-17H,3,8-9,18-19H2,1-2H3,(H,27,28). The molecule has 5 heteroatoms. The van der Waals surface area contributed by atoms with Gasteiger partial charge < -0.3 is 19.5 Å². The molecule has 0 bridgehead atoms. The Labute approximate surface area is 184 Å². The average Bonchev–Trinajstić information content (AvgIpc) is 2.79. The molecule has 3 aromatic carbocycles. The van der Waals surface area contributed by atoms with Crippen molar-refractivity contribution >= 4 is 11.6 Å². The minimum atomic E-state index is -0.188.